The van der Waals surface area contributed by atoms with Gasteiger partial charge in [0.15, 0.2) is 0 Å². The highest BCUT2D eigenvalue weighted by atomic mass is 16.5. The van der Waals surface area contributed by atoms with Crippen molar-refractivity contribution in [1.82, 2.24) is 15.1 Å². The molecule has 162 valence electrons. The number of piperazine rings is 2. The molecule has 4 amide bonds. The average molecular weight is 415 g/mol. The van der Waals surface area contributed by atoms with Crippen molar-refractivity contribution in [3.8, 4) is 5.75 Å². The first kappa shape index (κ1) is 20.5. The molecule has 0 spiro atoms. The van der Waals surface area contributed by atoms with Crippen LogP contribution in [-0.2, 0) is 9.59 Å². The molecule has 0 aromatic heterocycles. The van der Waals surface area contributed by atoms with Crippen molar-refractivity contribution in [2.75, 3.05) is 32.1 Å². The van der Waals surface area contributed by atoms with Gasteiger partial charge < -0.3 is 25.2 Å². The molecule has 1 saturated carbocycles. The van der Waals surface area contributed by atoms with Crippen LogP contribution in [0.25, 0.3) is 0 Å². The van der Waals surface area contributed by atoms with Gasteiger partial charge in [-0.15, -0.1) is 0 Å². The zero-order valence-corrected chi connectivity index (χ0v) is 17.4. The number of fused-ring (bicyclic) bond motifs is 1. The third kappa shape index (κ3) is 4.37. The normalized spacial score (nSPS) is 24.8. The number of methoxy groups -OCH3 is 1. The summed E-state index contributed by atoms with van der Waals surface area (Å²) in [5.41, 5.74) is 0.624. The van der Waals surface area contributed by atoms with Gasteiger partial charge in [-0.2, -0.15) is 0 Å². The largest absolute Gasteiger partial charge is 0.497 e. The maximum atomic E-state index is 13.0. The summed E-state index contributed by atoms with van der Waals surface area (Å²) in [4.78, 5) is 41.7. The number of rotatable bonds is 4. The first-order valence-electron chi connectivity index (χ1n) is 10.9. The molecule has 8 nitrogen and oxygen atoms in total. The molecule has 30 heavy (non-hydrogen) atoms. The molecule has 2 heterocycles. The highest BCUT2D eigenvalue weighted by Gasteiger charge is 2.44. The van der Waals surface area contributed by atoms with E-state index in [1.54, 1.807) is 41.2 Å². The minimum atomic E-state index is -0.620. The minimum absolute atomic E-state index is 0.00183. The monoisotopic (exact) mass is 414 g/mol. The Morgan fingerprint density at radius 1 is 1.20 bits per heavy atom. The van der Waals surface area contributed by atoms with Gasteiger partial charge in [0.25, 0.3) is 0 Å². The van der Waals surface area contributed by atoms with Crippen LogP contribution in [0.3, 0.4) is 0 Å². The maximum Gasteiger partial charge on any atom is 0.321 e. The summed E-state index contributed by atoms with van der Waals surface area (Å²) in [5, 5.41) is 5.77. The number of ether oxygens (including phenoxy) is 1. The van der Waals surface area contributed by atoms with E-state index in [9.17, 15) is 14.4 Å². The summed E-state index contributed by atoms with van der Waals surface area (Å²) in [6.07, 6.45) is 6.70. The number of nitrogens with zero attached hydrogens (tertiary/aromatic N) is 2. The molecule has 4 rings (SSSR count). The van der Waals surface area contributed by atoms with E-state index in [0.717, 1.165) is 19.3 Å². The van der Waals surface area contributed by atoms with Crippen molar-refractivity contribution in [2.24, 2.45) is 5.92 Å². The van der Waals surface area contributed by atoms with Crippen LogP contribution in [0.4, 0.5) is 10.5 Å². The van der Waals surface area contributed by atoms with Crippen LogP contribution in [0, 0.1) is 5.92 Å². The summed E-state index contributed by atoms with van der Waals surface area (Å²) in [6.45, 7) is 0.981. The number of benzene rings is 1. The second-order valence-electron chi connectivity index (χ2n) is 8.46. The van der Waals surface area contributed by atoms with Gasteiger partial charge in [0.1, 0.15) is 17.8 Å². The Morgan fingerprint density at radius 2 is 2.00 bits per heavy atom. The molecule has 1 aromatic rings. The first-order chi connectivity index (χ1) is 14.5. The quantitative estimate of drug-likeness (QED) is 0.790. The summed E-state index contributed by atoms with van der Waals surface area (Å²) in [6, 6.07) is 5.79. The predicted octanol–water partition coefficient (Wildman–Crippen LogP) is 2.21. The first-order valence-corrected chi connectivity index (χ1v) is 10.9. The number of hydrogen-bond acceptors (Lipinski definition) is 4. The van der Waals surface area contributed by atoms with E-state index in [1.807, 2.05) is 0 Å². The third-order valence-corrected chi connectivity index (χ3v) is 6.48. The van der Waals surface area contributed by atoms with Gasteiger partial charge in [-0.3, -0.25) is 9.59 Å². The lowest BCUT2D eigenvalue weighted by molar-refractivity contribution is -0.152. The standard InChI is InChI=1S/C22H30N4O4/c1-30-17-9-5-8-16(13-17)23-22(29)25-10-11-26-19(14-25)20(27)24-18(21(26)28)12-15-6-3-2-4-7-15/h5,8-9,13,15,18-19H,2-4,6-7,10-12,14H2,1H3,(H,23,29)(H,24,27). The summed E-state index contributed by atoms with van der Waals surface area (Å²) in [5.74, 6) is 1.01. The average Bonchev–Trinajstić information content (AvgIpc) is 2.77. The van der Waals surface area contributed by atoms with E-state index < -0.39 is 12.1 Å². The Hall–Kier alpha value is -2.77. The van der Waals surface area contributed by atoms with E-state index in [-0.39, 0.29) is 24.4 Å². The maximum absolute atomic E-state index is 13.0. The van der Waals surface area contributed by atoms with E-state index >= 15 is 0 Å². The number of urea groups is 1. The van der Waals surface area contributed by atoms with Crippen molar-refractivity contribution < 1.29 is 19.1 Å². The molecule has 2 aliphatic heterocycles. The fourth-order valence-electron chi connectivity index (χ4n) is 4.80. The lowest BCUT2D eigenvalue weighted by atomic mass is 9.84. The van der Waals surface area contributed by atoms with Crippen molar-refractivity contribution >= 4 is 23.5 Å². The second kappa shape index (κ2) is 8.93. The van der Waals surface area contributed by atoms with E-state index in [2.05, 4.69) is 10.6 Å². The number of amides is 4. The second-order valence-corrected chi connectivity index (χ2v) is 8.46. The topological polar surface area (TPSA) is 91.0 Å². The Morgan fingerprint density at radius 3 is 2.77 bits per heavy atom. The van der Waals surface area contributed by atoms with Gasteiger partial charge in [-0.25, -0.2) is 4.79 Å². The van der Waals surface area contributed by atoms with Crippen molar-refractivity contribution in [3.63, 3.8) is 0 Å². The predicted molar refractivity (Wildman–Crippen MR) is 112 cm³/mol. The summed E-state index contributed by atoms with van der Waals surface area (Å²) >= 11 is 0. The van der Waals surface area contributed by atoms with Gasteiger partial charge in [0.2, 0.25) is 11.8 Å². The Labute approximate surface area is 176 Å². The van der Waals surface area contributed by atoms with Gasteiger partial charge in [-0.1, -0.05) is 38.2 Å². The van der Waals surface area contributed by atoms with Crippen LogP contribution >= 0.6 is 0 Å². The lowest BCUT2D eigenvalue weighted by Crippen LogP contribution is -2.70. The van der Waals surface area contributed by atoms with Crippen molar-refractivity contribution in [1.29, 1.82) is 0 Å². The third-order valence-electron chi connectivity index (χ3n) is 6.48. The number of carbonyl (C=O) groups excluding carboxylic acids is 3. The molecular formula is C22H30N4O4. The Kier molecular flexibility index (Phi) is 6.11. The lowest BCUT2D eigenvalue weighted by Gasteiger charge is -2.45. The molecule has 2 saturated heterocycles. The zero-order valence-electron chi connectivity index (χ0n) is 17.4. The molecular weight excluding hydrogens is 384 g/mol. The number of carbonyl (C=O) groups is 3. The van der Waals surface area contributed by atoms with Gasteiger partial charge in [0, 0.05) is 24.8 Å². The van der Waals surface area contributed by atoms with Crippen LogP contribution in [0.15, 0.2) is 24.3 Å². The highest BCUT2D eigenvalue weighted by molar-refractivity contribution is 5.98. The molecule has 0 bridgehead atoms. The molecule has 1 aromatic carbocycles. The van der Waals surface area contributed by atoms with E-state index in [4.69, 9.17) is 4.74 Å². The van der Waals surface area contributed by atoms with Crippen molar-refractivity contribution in [3.05, 3.63) is 24.3 Å². The number of hydrogen-bond donors (Lipinski definition) is 2. The van der Waals surface area contributed by atoms with Gasteiger partial charge in [0.05, 0.1) is 13.7 Å². The van der Waals surface area contributed by atoms with E-state index in [0.29, 0.717) is 30.4 Å². The molecule has 1 aliphatic carbocycles. The van der Waals surface area contributed by atoms with Crippen LogP contribution in [0.1, 0.15) is 38.5 Å². The molecule has 0 radical (unpaired) electrons. The van der Waals surface area contributed by atoms with Crippen molar-refractivity contribution in [2.45, 2.75) is 50.6 Å². The number of anilines is 1. The summed E-state index contributed by atoms with van der Waals surface area (Å²) in [7, 11) is 1.57. The fourth-order valence-corrected chi connectivity index (χ4v) is 4.80. The molecule has 8 heteroatoms. The molecule has 2 unspecified atom stereocenters. The Balaban J connectivity index is 1.36. The van der Waals surface area contributed by atoms with Crippen LogP contribution in [0.5, 0.6) is 5.75 Å². The Bertz CT molecular complexity index is 808. The molecule has 2 N–H and O–H groups in total. The highest BCUT2D eigenvalue weighted by Crippen LogP contribution is 2.29. The van der Waals surface area contributed by atoms with Crippen LogP contribution in [-0.4, -0.2) is 66.5 Å². The molecule has 3 aliphatic rings. The van der Waals surface area contributed by atoms with Gasteiger partial charge in [-0.05, 0) is 24.5 Å². The zero-order chi connectivity index (χ0) is 21.1. The molecule has 3 fully saturated rings. The summed E-state index contributed by atoms with van der Waals surface area (Å²) < 4.78 is 5.18. The SMILES string of the molecule is COc1cccc(NC(=O)N2CCN3C(=O)C(CC4CCCCC4)NC(=O)C3C2)c1. The fraction of sp³-hybridized carbons (Fsp3) is 0.591. The minimum Gasteiger partial charge on any atom is -0.497 e. The smallest absolute Gasteiger partial charge is 0.321 e. The number of nitrogens with one attached hydrogen (secondary N) is 2. The van der Waals surface area contributed by atoms with Crippen LogP contribution < -0.4 is 15.4 Å². The van der Waals surface area contributed by atoms with E-state index in [1.165, 1.54) is 19.3 Å². The molecule has 2 atom stereocenters. The van der Waals surface area contributed by atoms with Crippen LogP contribution in [0.2, 0.25) is 0 Å². The van der Waals surface area contributed by atoms with Gasteiger partial charge >= 0.3 is 6.03 Å².